The number of carbonyl (C=O) groups is 1. The van der Waals surface area contributed by atoms with E-state index >= 15 is 0 Å². The molecule has 1 atom stereocenters. The average molecular weight is 525 g/mol. The van der Waals surface area contributed by atoms with Gasteiger partial charge in [-0.05, 0) is 57.2 Å². The van der Waals surface area contributed by atoms with Crippen molar-refractivity contribution in [3.8, 4) is 11.5 Å². The highest BCUT2D eigenvalue weighted by atomic mass is 32.2. The fraction of sp³-hybridized carbons (Fsp3) is 0.417. The highest BCUT2D eigenvalue weighted by Crippen LogP contribution is 2.34. The zero-order valence-corrected chi connectivity index (χ0v) is 21.6. The van der Waals surface area contributed by atoms with Gasteiger partial charge < -0.3 is 14.4 Å². The minimum Gasteiger partial charge on any atom is -0.468 e. The molecule has 0 bridgehead atoms. The molecule has 0 spiro atoms. The molecule has 3 aromatic rings. The van der Waals surface area contributed by atoms with Crippen LogP contribution in [0, 0.1) is 17.6 Å². The molecule has 0 radical (unpaired) electrons. The van der Waals surface area contributed by atoms with E-state index in [2.05, 4.69) is 9.82 Å². The van der Waals surface area contributed by atoms with Crippen LogP contribution in [0.4, 0.5) is 8.78 Å². The van der Waals surface area contributed by atoms with E-state index in [-0.39, 0.29) is 28.7 Å². The molecule has 0 aliphatic heterocycles. The van der Waals surface area contributed by atoms with Crippen LogP contribution in [0.3, 0.4) is 0 Å². The number of fused-ring (bicyclic) bond motifs is 1. The van der Waals surface area contributed by atoms with Crippen LogP contribution in [0.2, 0.25) is 0 Å². The van der Waals surface area contributed by atoms with Gasteiger partial charge >= 0.3 is 5.97 Å². The summed E-state index contributed by atoms with van der Waals surface area (Å²) in [5, 5.41) is 4.89. The molecular formula is C24H30F2N4O5S. The van der Waals surface area contributed by atoms with Gasteiger partial charge in [0.15, 0.2) is 11.6 Å². The number of benzene rings is 2. The number of sulfonamides is 1. The number of methoxy groups -OCH3 is 1. The third-order valence-electron chi connectivity index (χ3n) is 5.30. The first-order valence-electron chi connectivity index (χ1n) is 11.3. The molecular weight excluding hydrogens is 494 g/mol. The Morgan fingerprint density at radius 3 is 2.50 bits per heavy atom. The summed E-state index contributed by atoms with van der Waals surface area (Å²) in [6.45, 7) is 4.92. The Labute approximate surface area is 209 Å². The molecule has 0 saturated carbocycles. The van der Waals surface area contributed by atoms with Crippen molar-refractivity contribution in [2.75, 3.05) is 27.7 Å². The number of nitrogens with zero attached hydrogens (tertiary/aromatic N) is 3. The van der Waals surface area contributed by atoms with E-state index in [4.69, 9.17) is 9.47 Å². The Balaban J connectivity index is 2.12. The molecule has 0 aliphatic rings. The lowest BCUT2D eigenvalue weighted by Crippen LogP contribution is -2.43. The van der Waals surface area contributed by atoms with Crippen LogP contribution in [0.5, 0.6) is 11.5 Å². The normalized spacial score (nSPS) is 12.9. The predicted molar refractivity (Wildman–Crippen MR) is 130 cm³/mol. The summed E-state index contributed by atoms with van der Waals surface area (Å²) in [6, 6.07) is 4.31. The third kappa shape index (κ3) is 6.56. The maximum absolute atomic E-state index is 14.4. The monoisotopic (exact) mass is 524 g/mol. The summed E-state index contributed by atoms with van der Waals surface area (Å²) in [4.78, 5) is 13.8. The van der Waals surface area contributed by atoms with Gasteiger partial charge in [0.1, 0.15) is 22.5 Å². The zero-order valence-electron chi connectivity index (χ0n) is 20.8. The van der Waals surface area contributed by atoms with Crippen molar-refractivity contribution in [1.82, 2.24) is 19.4 Å². The Bertz CT molecular complexity index is 1340. The fourth-order valence-electron chi connectivity index (χ4n) is 3.55. The minimum absolute atomic E-state index is 0.148. The van der Waals surface area contributed by atoms with Crippen LogP contribution in [-0.4, -0.2) is 62.9 Å². The van der Waals surface area contributed by atoms with Gasteiger partial charge in [-0.15, -0.1) is 0 Å². The Morgan fingerprint density at radius 2 is 1.89 bits per heavy atom. The number of ether oxygens (including phenoxy) is 2. The van der Waals surface area contributed by atoms with Crippen molar-refractivity contribution < 1.29 is 31.5 Å². The summed E-state index contributed by atoms with van der Waals surface area (Å²) < 4.78 is 69.3. The number of rotatable bonds is 11. The van der Waals surface area contributed by atoms with Crippen LogP contribution in [0.25, 0.3) is 10.9 Å². The SMILES string of the molecule is COC(=O)C(CCN(C)C)NS(=O)(=O)c1cc2c(cnn2CC(C)C)cc1Oc1ccc(F)cc1F. The van der Waals surface area contributed by atoms with Gasteiger partial charge in [-0.3, -0.25) is 9.48 Å². The summed E-state index contributed by atoms with van der Waals surface area (Å²) >= 11 is 0. The van der Waals surface area contributed by atoms with Gasteiger partial charge in [-0.25, -0.2) is 17.2 Å². The van der Waals surface area contributed by atoms with Crippen LogP contribution in [-0.2, 0) is 26.1 Å². The smallest absolute Gasteiger partial charge is 0.323 e. The van der Waals surface area contributed by atoms with Crippen molar-refractivity contribution >= 4 is 26.9 Å². The first kappa shape index (κ1) is 27.5. The van der Waals surface area contributed by atoms with Crippen LogP contribution >= 0.6 is 0 Å². The number of nitrogens with one attached hydrogen (secondary N) is 1. The lowest BCUT2D eigenvalue weighted by atomic mass is 10.2. The number of esters is 1. The van der Waals surface area contributed by atoms with Gasteiger partial charge in [-0.2, -0.15) is 9.82 Å². The Hall–Kier alpha value is -3.09. The maximum atomic E-state index is 14.4. The van der Waals surface area contributed by atoms with Gasteiger partial charge in [-0.1, -0.05) is 13.8 Å². The number of aromatic nitrogens is 2. The molecule has 0 fully saturated rings. The molecule has 0 aliphatic carbocycles. The van der Waals surface area contributed by atoms with E-state index in [0.717, 1.165) is 12.1 Å². The molecule has 1 unspecified atom stereocenters. The fourth-order valence-corrected chi connectivity index (χ4v) is 4.90. The second kappa shape index (κ2) is 11.3. The van der Waals surface area contributed by atoms with Crippen LogP contribution < -0.4 is 9.46 Å². The van der Waals surface area contributed by atoms with Crippen LogP contribution in [0.1, 0.15) is 20.3 Å². The van der Waals surface area contributed by atoms with E-state index < -0.39 is 33.7 Å². The van der Waals surface area contributed by atoms with E-state index in [1.54, 1.807) is 29.9 Å². The van der Waals surface area contributed by atoms with E-state index in [9.17, 15) is 22.0 Å². The molecule has 36 heavy (non-hydrogen) atoms. The quantitative estimate of drug-likeness (QED) is 0.383. The van der Waals surface area contributed by atoms with Crippen molar-refractivity contribution in [1.29, 1.82) is 0 Å². The number of hydrogen-bond donors (Lipinski definition) is 1. The number of carbonyl (C=O) groups excluding carboxylic acids is 1. The lowest BCUT2D eigenvalue weighted by Gasteiger charge is -2.20. The van der Waals surface area contributed by atoms with Gasteiger partial charge in [0.2, 0.25) is 10.0 Å². The Morgan fingerprint density at radius 1 is 1.17 bits per heavy atom. The summed E-state index contributed by atoms with van der Waals surface area (Å²) in [6.07, 6.45) is 1.69. The summed E-state index contributed by atoms with van der Waals surface area (Å²) in [5.41, 5.74) is 0.513. The maximum Gasteiger partial charge on any atom is 0.323 e. The molecule has 1 heterocycles. The average Bonchev–Trinajstić information content (AvgIpc) is 3.18. The van der Waals surface area contributed by atoms with Gasteiger partial charge in [0, 0.05) is 18.0 Å². The molecule has 2 aromatic carbocycles. The molecule has 196 valence electrons. The van der Waals surface area contributed by atoms with Crippen molar-refractivity contribution in [2.45, 2.75) is 37.8 Å². The zero-order chi connectivity index (χ0) is 26.6. The van der Waals surface area contributed by atoms with Crippen molar-refractivity contribution in [2.24, 2.45) is 5.92 Å². The molecule has 1 N–H and O–H groups in total. The van der Waals surface area contributed by atoms with Gasteiger partial charge in [0.25, 0.3) is 0 Å². The van der Waals surface area contributed by atoms with E-state index in [1.807, 2.05) is 13.8 Å². The number of hydrogen-bond acceptors (Lipinski definition) is 7. The largest absolute Gasteiger partial charge is 0.468 e. The topological polar surface area (TPSA) is 103 Å². The number of halogens is 2. The standard InChI is InChI=1S/C24H30F2N4O5S/c1-15(2)14-30-20-12-23(36(32,33)28-19(24(31)34-5)8-9-29(3)4)22(10-16(20)13-27-30)35-21-7-6-17(25)11-18(21)26/h6-7,10-13,15,19,28H,8-9,14H2,1-5H3. The molecule has 3 rings (SSSR count). The Kier molecular flexibility index (Phi) is 8.64. The molecule has 0 saturated heterocycles. The van der Waals surface area contributed by atoms with E-state index in [0.29, 0.717) is 30.1 Å². The second-order valence-corrected chi connectivity index (χ2v) is 10.7. The van der Waals surface area contributed by atoms with Gasteiger partial charge in [0.05, 0.1) is 18.8 Å². The molecule has 0 amide bonds. The highest BCUT2D eigenvalue weighted by Gasteiger charge is 2.30. The van der Waals surface area contributed by atoms with Crippen LogP contribution in [0.15, 0.2) is 41.4 Å². The lowest BCUT2D eigenvalue weighted by molar-refractivity contribution is -0.142. The van der Waals surface area contributed by atoms with Crippen molar-refractivity contribution in [3.05, 3.63) is 48.2 Å². The summed E-state index contributed by atoms with van der Waals surface area (Å²) in [5.74, 6) is -2.90. The predicted octanol–water partition coefficient (Wildman–Crippen LogP) is 3.53. The van der Waals surface area contributed by atoms with E-state index in [1.165, 1.54) is 19.2 Å². The first-order chi connectivity index (χ1) is 16.9. The second-order valence-electron chi connectivity index (χ2n) is 9.04. The third-order valence-corrected chi connectivity index (χ3v) is 6.79. The molecule has 9 nitrogen and oxygen atoms in total. The molecule has 12 heteroatoms. The summed E-state index contributed by atoms with van der Waals surface area (Å²) in [7, 11) is 0.363. The van der Waals surface area contributed by atoms with Crippen molar-refractivity contribution in [3.63, 3.8) is 0 Å². The molecule has 1 aromatic heterocycles. The highest BCUT2D eigenvalue weighted by molar-refractivity contribution is 7.89. The minimum atomic E-state index is -4.38. The first-order valence-corrected chi connectivity index (χ1v) is 12.8.